The van der Waals surface area contributed by atoms with Crippen molar-refractivity contribution in [3.63, 3.8) is 0 Å². The summed E-state index contributed by atoms with van der Waals surface area (Å²) >= 11 is 0. The molecule has 4 heteroatoms. The summed E-state index contributed by atoms with van der Waals surface area (Å²) in [7, 11) is 3.76. The molecule has 1 aromatic carbocycles. The van der Waals surface area contributed by atoms with Crippen LogP contribution in [0.2, 0.25) is 0 Å². The Morgan fingerprint density at radius 1 is 1.25 bits per heavy atom. The molecule has 4 nitrogen and oxygen atoms in total. The molecule has 0 atom stereocenters. The molecule has 2 rings (SSSR count). The van der Waals surface area contributed by atoms with Crippen molar-refractivity contribution >= 4 is 0 Å². The highest BCUT2D eigenvalue weighted by atomic mass is 16.5. The van der Waals surface area contributed by atoms with Gasteiger partial charge in [0.1, 0.15) is 12.4 Å². The van der Waals surface area contributed by atoms with Crippen molar-refractivity contribution in [2.45, 2.75) is 25.5 Å². The van der Waals surface area contributed by atoms with Crippen LogP contribution in [0.15, 0.2) is 24.3 Å². The van der Waals surface area contributed by atoms with E-state index in [-0.39, 0.29) is 0 Å². The van der Waals surface area contributed by atoms with Crippen LogP contribution in [0.4, 0.5) is 0 Å². The minimum absolute atomic E-state index is 0.448. The number of methoxy groups -OCH3 is 1. The van der Waals surface area contributed by atoms with Gasteiger partial charge in [0.25, 0.3) is 0 Å². The zero-order valence-electron chi connectivity index (χ0n) is 12.6. The third kappa shape index (κ3) is 4.47. The molecular formula is C16H26N2O2. The number of benzene rings is 1. The van der Waals surface area contributed by atoms with Gasteiger partial charge in [-0.05, 0) is 26.0 Å². The molecule has 0 radical (unpaired) electrons. The van der Waals surface area contributed by atoms with Gasteiger partial charge in [-0.2, -0.15) is 0 Å². The van der Waals surface area contributed by atoms with Crippen LogP contribution in [0.1, 0.15) is 18.4 Å². The number of nitrogens with one attached hydrogen (secondary N) is 1. The number of piperidine rings is 1. The molecule has 0 amide bonds. The van der Waals surface area contributed by atoms with Crippen LogP contribution in [0, 0.1) is 0 Å². The lowest BCUT2D eigenvalue weighted by molar-refractivity contribution is 0.0374. The van der Waals surface area contributed by atoms with Crippen LogP contribution in [-0.4, -0.2) is 51.4 Å². The molecule has 0 spiro atoms. The van der Waals surface area contributed by atoms with E-state index in [2.05, 4.69) is 22.3 Å². The second kappa shape index (κ2) is 8.25. The van der Waals surface area contributed by atoms with E-state index in [4.69, 9.17) is 9.47 Å². The number of hydrogen-bond acceptors (Lipinski definition) is 4. The van der Waals surface area contributed by atoms with Gasteiger partial charge >= 0.3 is 0 Å². The van der Waals surface area contributed by atoms with Gasteiger partial charge in [-0.3, -0.25) is 4.90 Å². The first-order valence-corrected chi connectivity index (χ1v) is 7.44. The van der Waals surface area contributed by atoms with E-state index in [0.29, 0.717) is 6.10 Å². The van der Waals surface area contributed by atoms with Crippen LogP contribution in [0.3, 0.4) is 0 Å². The first-order valence-electron chi connectivity index (χ1n) is 7.44. The van der Waals surface area contributed by atoms with E-state index in [0.717, 1.165) is 51.4 Å². The molecular weight excluding hydrogens is 252 g/mol. The highest BCUT2D eigenvalue weighted by molar-refractivity contribution is 5.33. The molecule has 0 aliphatic carbocycles. The van der Waals surface area contributed by atoms with E-state index in [1.54, 1.807) is 0 Å². The molecule has 1 heterocycles. The van der Waals surface area contributed by atoms with Crippen LogP contribution in [-0.2, 0) is 11.3 Å². The zero-order chi connectivity index (χ0) is 14.2. The van der Waals surface area contributed by atoms with E-state index in [9.17, 15) is 0 Å². The van der Waals surface area contributed by atoms with Crippen molar-refractivity contribution in [3.8, 4) is 5.75 Å². The lowest BCUT2D eigenvalue weighted by Gasteiger charge is -2.31. The fraction of sp³-hybridized carbons (Fsp3) is 0.625. The van der Waals surface area contributed by atoms with Crippen molar-refractivity contribution < 1.29 is 9.47 Å². The number of hydrogen-bond donors (Lipinski definition) is 1. The summed E-state index contributed by atoms with van der Waals surface area (Å²) in [5.41, 5.74) is 1.22. The van der Waals surface area contributed by atoms with E-state index < -0.39 is 0 Å². The first-order chi connectivity index (χ1) is 9.83. The van der Waals surface area contributed by atoms with Crippen molar-refractivity contribution in [2.24, 2.45) is 0 Å². The van der Waals surface area contributed by atoms with Crippen LogP contribution in [0.25, 0.3) is 0 Å². The van der Waals surface area contributed by atoms with Crippen molar-refractivity contribution in [2.75, 3.05) is 40.4 Å². The van der Waals surface area contributed by atoms with E-state index in [1.807, 2.05) is 26.3 Å². The molecule has 1 saturated heterocycles. The van der Waals surface area contributed by atoms with E-state index >= 15 is 0 Å². The Morgan fingerprint density at radius 2 is 2.00 bits per heavy atom. The summed E-state index contributed by atoms with van der Waals surface area (Å²) in [6.07, 6.45) is 2.71. The van der Waals surface area contributed by atoms with Gasteiger partial charge in [-0.25, -0.2) is 0 Å². The highest BCUT2D eigenvalue weighted by Crippen LogP contribution is 2.18. The van der Waals surface area contributed by atoms with Crippen molar-refractivity contribution in [1.82, 2.24) is 10.2 Å². The number of likely N-dealkylation sites (tertiary alicyclic amines) is 1. The largest absolute Gasteiger partial charge is 0.492 e. The summed E-state index contributed by atoms with van der Waals surface area (Å²) in [5, 5.41) is 3.17. The molecule has 1 N–H and O–H groups in total. The Labute approximate surface area is 122 Å². The molecule has 0 bridgehead atoms. The predicted octanol–water partition coefficient (Wildman–Crippen LogP) is 1.90. The maximum Gasteiger partial charge on any atom is 0.123 e. The third-order valence-corrected chi connectivity index (χ3v) is 3.87. The quantitative estimate of drug-likeness (QED) is 0.826. The summed E-state index contributed by atoms with van der Waals surface area (Å²) < 4.78 is 11.3. The van der Waals surface area contributed by atoms with Gasteiger partial charge in [-0.15, -0.1) is 0 Å². The Morgan fingerprint density at radius 3 is 2.70 bits per heavy atom. The predicted molar refractivity (Wildman–Crippen MR) is 81.2 cm³/mol. The lowest BCUT2D eigenvalue weighted by Crippen LogP contribution is -2.38. The number of nitrogens with zero attached hydrogens (tertiary/aromatic N) is 1. The van der Waals surface area contributed by atoms with Crippen LogP contribution >= 0.6 is 0 Å². The average molecular weight is 278 g/mol. The first kappa shape index (κ1) is 15.3. The lowest BCUT2D eigenvalue weighted by atomic mass is 10.1. The Balaban J connectivity index is 1.73. The monoisotopic (exact) mass is 278 g/mol. The van der Waals surface area contributed by atoms with Crippen LogP contribution in [0.5, 0.6) is 5.75 Å². The van der Waals surface area contributed by atoms with Gasteiger partial charge in [0.15, 0.2) is 0 Å². The van der Waals surface area contributed by atoms with Gasteiger partial charge in [0, 0.05) is 38.9 Å². The minimum atomic E-state index is 0.448. The number of rotatable bonds is 7. The molecule has 0 aromatic heterocycles. The minimum Gasteiger partial charge on any atom is -0.492 e. The molecule has 1 aromatic rings. The van der Waals surface area contributed by atoms with Gasteiger partial charge in [0.2, 0.25) is 0 Å². The topological polar surface area (TPSA) is 33.7 Å². The maximum absolute atomic E-state index is 5.93. The normalized spacial score (nSPS) is 17.3. The summed E-state index contributed by atoms with van der Waals surface area (Å²) in [6.45, 7) is 4.80. The van der Waals surface area contributed by atoms with E-state index in [1.165, 1.54) is 5.56 Å². The number of para-hydroxylation sites is 1. The summed E-state index contributed by atoms with van der Waals surface area (Å²) in [5.74, 6) is 0.994. The average Bonchev–Trinajstić information content (AvgIpc) is 2.50. The third-order valence-electron chi connectivity index (χ3n) is 3.87. The second-order valence-electron chi connectivity index (χ2n) is 5.26. The Hall–Kier alpha value is -1.10. The SMILES string of the molecule is CNCc1ccccc1OCCN1CCC(OC)CC1. The van der Waals surface area contributed by atoms with Crippen molar-refractivity contribution in [1.29, 1.82) is 0 Å². The molecule has 112 valence electrons. The summed E-state index contributed by atoms with van der Waals surface area (Å²) in [6, 6.07) is 8.23. The fourth-order valence-corrected chi connectivity index (χ4v) is 2.63. The molecule has 1 aliphatic rings. The molecule has 0 saturated carbocycles. The smallest absolute Gasteiger partial charge is 0.123 e. The second-order valence-corrected chi connectivity index (χ2v) is 5.26. The summed E-state index contributed by atoms with van der Waals surface area (Å²) in [4.78, 5) is 2.45. The molecule has 0 unspecified atom stereocenters. The van der Waals surface area contributed by atoms with Gasteiger partial charge in [-0.1, -0.05) is 18.2 Å². The molecule has 1 aliphatic heterocycles. The van der Waals surface area contributed by atoms with Gasteiger partial charge < -0.3 is 14.8 Å². The molecule has 1 fully saturated rings. The highest BCUT2D eigenvalue weighted by Gasteiger charge is 2.18. The van der Waals surface area contributed by atoms with Crippen molar-refractivity contribution in [3.05, 3.63) is 29.8 Å². The Kier molecular flexibility index (Phi) is 6.30. The molecule has 20 heavy (non-hydrogen) atoms. The maximum atomic E-state index is 5.93. The number of ether oxygens (including phenoxy) is 2. The fourth-order valence-electron chi connectivity index (χ4n) is 2.63. The Bertz CT molecular complexity index is 390. The standard InChI is InChI=1S/C16H26N2O2/c1-17-13-14-5-3-4-6-16(14)20-12-11-18-9-7-15(19-2)8-10-18/h3-6,15,17H,7-13H2,1-2H3. The van der Waals surface area contributed by atoms with Crippen LogP contribution < -0.4 is 10.1 Å². The van der Waals surface area contributed by atoms with Gasteiger partial charge in [0.05, 0.1) is 6.10 Å². The zero-order valence-corrected chi connectivity index (χ0v) is 12.6.